The van der Waals surface area contributed by atoms with E-state index in [-0.39, 0.29) is 23.7 Å². The molecule has 1 N–H and O–H groups in total. The summed E-state index contributed by atoms with van der Waals surface area (Å²) in [5, 5.41) is 11.2. The second kappa shape index (κ2) is 8.49. The smallest absolute Gasteiger partial charge is 0.341 e. The van der Waals surface area contributed by atoms with Gasteiger partial charge in [0.2, 0.25) is 5.91 Å². The number of thioether (sulfide) groups is 1. The number of hydrogen-bond acceptors (Lipinski definition) is 8. The molecule has 2 aromatic heterocycles. The minimum Gasteiger partial charge on any atom is -0.459 e. The van der Waals surface area contributed by atoms with E-state index >= 15 is 0 Å². The fourth-order valence-corrected chi connectivity index (χ4v) is 5.55. The molecule has 0 bridgehead atoms. The molecule has 6 nitrogen and oxygen atoms in total. The van der Waals surface area contributed by atoms with Crippen LogP contribution < -0.4 is 5.32 Å². The van der Waals surface area contributed by atoms with Gasteiger partial charge in [0, 0.05) is 4.88 Å². The van der Waals surface area contributed by atoms with Crippen molar-refractivity contribution >= 4 is 51.3 Å². The average molecular weight is 412 g/mol. The van der Waals surface area contributed by atoms with E-state index in [9.17, 15) is 9.59 Å². The molecule has 140 valence electrons. The van der Waals surface area contributed by atoms with Crippen molar-refractivity contribution in [2.45, 2.75) is 50.5 Å². The van der Waals surface area contributed by atoms with Crippen LogP contribution in [0.5, 0.6) is 0 Å². The molecule has 0 aliphatic heterocycles. The molecule has 1 atom stereocenters. The number of amides is 1. The van der Waals surface area contributed by atoms with Crippen LogP contribution in [-0.2, 0) is 22.4 Å². The van der Waals surface area contributed by atoms with Gasteiger partial charge in [-0.1, -0.05) is 30.0 Å². The number of thiophene rings is 1. The molecule has 0 saturated carbocycles. The summed E-state index contributed by atoms with van der Waals surface area (Å²) < 4.78 is 6.17. The van der Waals surface area contributed by atoms with Crippen molar-refractivity contribution in [2.75, 3.05) is 11.1 Å². The zero-order valence-corrected chi connectivity index (χ0v) is 17.4. The molecule has 0 radical (unpaired) electrons. The summed E-state index contributed by atoms with van der Waals surface area (Å²) in [5.41, 5.74) is 3.22. The Kier molecular flexibility index (Phi) is 6.31. The van der Waals surface area contributed by atoms with Crippen molar-refractivity contribution in [1.82, 2.24) is 10.2 Å². The molecule has 0 saturated heterocycles. The highest BCUT2D eigenvalue weighted by Crippen LogP contribution is 2.40. The third kappa shape index (κ3) is 4.63. The van der Waals surface area contributed by atoms with E-state index < -0.39 is 0 Å². The van der Waals surface area contributed by atoms with E-state index in [1.807, 2.05) is 13.8 Å². The van der Waals surface area contributed by atoms with Crippen LogP contribution in [0.1, 0.15) is 48.0 Å². The van der Waals surface area contributed by atoms with Gasteiger partial charge in [0.15, 0.2) is 4.34 Å². The van der Waals surface area contributed by atoms with Crippen LogP contribution in [0.15, 0.2) is 9.85 Å². The number of nitrogens with one attached hydrogen (secondary N) is 1. The zero-order valence-electron chi connectivity index (χ0n) is 14.9. The normalized spacial score (nSPS) is 16.4. The molecule has 26 heavy (non-hydrogen) atoms. The summed E-state index contributed by atoms with van der Waals surface area (Å²) in [4.78, 5) is 26.2. The van der Waals surface area contributed by atoms with Gasteiger partial charge in [0.1, 0.15) is 10.5 Å². The van der Waals surface area contributed by atoms with Crippen LogP contribution in [0.25, 0.3) is 0 Å². The molecule has 0 spiro atoms. The van der Waals surface area contributed by atoms with Crippen LogP contribution in [0.3, 0.4) is 0 Å². The molecule has 2 aromatic rings. The first-order valence-electron chi connectivity index (χ1n) is 8.48. The maximum atomic E-state index is 12.6. The minimum atomic E-state index is -0.348. The molecule has 2 heterocycles. The minimum absolute atomic E-state index is 0.157. The molecule has 0 aromatic carbocycles. The number of anilines is 1. The van der Waals surface area contributed by atoms with E-state index in [2.05, 4.69) is 22.4 Å². The molecular weight excluding hydrogens is 390 g/mol. The SMILES string of the molecule is CC(C)OC(=O)c1c(NC(=O)CSc2nncs2)sc2c1CC[C@H](C)C2. The van der Waals surface area contributed by atoms with Crippen LogP contribution in [-0.4, -0.2) is 33.9 Å². The Bertz CT molecular complexity index is 787. The van der Waals surface area contributed by atoms with Gasteiger partial charge in [0.05, 0.1) is 17.4 Å². The second-order valence-corrected chi connectivity index (χ2v) is 9.71. The average Bonchev–Trinajstić information content (AvgIpc) is 3.18. The number of aromatic nitrogens is 2. The predicted octanol–water partition coefficient (Wildman–Crippen LogP) is 4.02. The summed E-state index contributed by atoms with van der Waals surface area (Å²) in [6, 6.07) is 0. The van der Waals surface area contributed by atoms with Gasteiger partial charge in [-0.05, 0) is 44.6 Å². The van der Waals surface area contributed by atoms with Gasteiger partial charge in [-0.3, -0.25) is 4.79 Å². The highest BCUT2D eigenvalue weighted by molar-refractivity contribution is 8.01. The van der Waals surface area contributed by atoms with Gasteiger partial charge in [0.25, 0.3) is 0 Å². The summed E-state index contributed by atoms with van der Waals surface area (Å²) >= 11 is 4.24. The number of carbonyl (C=O) groups excluding carboxylic acids is 2. The van der Waals surface area contributed by atoms with Crippen molar-refractivity contribution in [3.8, 4) is 0 Å². The lowest BCUT2D eigenvalue weighted by Crippen LogP contribution is -2.19. The van der Waals surface area contributed by atoms with Gasteiger partial charge in [-0.2, -0.15) is 0 Å². The first kappa shape index (κ1) is 19.3. The van der Waals surface area contributed by atoms with Crippen molar-refractivity contribution < 1.29 is 14.3 Å². The molecule has 0 fully saturated rings. The largest absolute Gasteiger partial charge is 0.459 e. The van der Waals surface area contributed by atoms with Gasteiger partial charge in [-0.25, -0.2) is 4.79 Å². The van der Waals surface area contributed by atoms with Crippen LogP contribution in [0.4, 0.5) is 5.00 Å². The Hall–Kier alpha value is -1.45. The fraction of sp³-hybridized carbons (Fsp3) is 0.529. The Morgan fingerprint density at radius 1 is 1.46 bits per heavy atom. The number of rotatable bonds is 6. The van der Waals surface area contributed by atoms with E-state index in [0.717, 1.165) is 29.2 Å². The van der Waals surface area contributed by atoms with E-state index in [4.69, 9.17) is 4.74 Å². The number of hydrogen-bond donors (Lipinski definition) is 1. The van der Waals surface area contributed by atoms with E-state index in [0.29, 0.717) is 16.5 Å². The molecule has 1 amide bonds. The molecular formula is C17H21N3O3S3. The lowest BCUT2D eigenvalue weighted by Gasteiger charge is -2.18. The highest BCUT2D eigenvalue weighted by Gasteiger charge is 2.29. The molecule has 1 aliphatic carbocycles. The lowest BCUT2D eigenvalue weighted by atomic mass is 9.88. The summed E-state index contributed by atoms with van der Waals surface area (Å²) in [6.07, 6.45) is 2.64. The zero-order chi connectivity index (χ0) is 18.7. The molecule has 3 rings (SSSR count). The van der Waals surface area contributed by atoms with Crippen LogP contribution in [0, 0.1) is 5.92 Å². The quantitative estimate of drug-likeness (QED) is 0.571. The Labute approximate surface area is 164 Å². The van der Waals surface area contributed by atoms with E-state index in [1.165, 1.54) is 39.3 Å². The maximum Gasteiger partial charge on any atom is 0.341 e. The lowest BCUT2D eigenvalue weighted by molar-refractivity contribution is -0.113. The summed E-state index contributed by atoms with van der Waals surface area (Å²) in [6.45, 7) is 5.87. The third-order valence-electron chi connectivity index (χ3n) is 3.98. The van der Waals surface area contributed by atoms with Gasteiger partial charge in [-0.15, -0.1) is 21.5 Å². The Balaban J connectivity index is 1.78. The topological polar surface area (TPSA) is 81.2 Å². The number of carbonyl (C=O) groups is 2. The fourth-order valence-electron chi connectivity index (χ4n) is 2.84. The summed E-state index contributed by atoms with van der Waals surface area (Å²) in [7, 11) is 0. The predicted molar refractivity (Wildman–Crippen MR) is 105 cm³/mol. The van der Waals surface area contributed by atoms with Crippen molar-refractivity contribution in [3.05, 3.63) is 21.5 Å². The Morgan fingerprint density at radius 3 is 2.96 bits per heavy atom. The van der Waals surface area contributed by atoms with E-state index in [1.54, 1.807) is 5.51 Å². The first-order chi connectivity index (χ1) is 12.4. The van der Waals surface area contributed by atoms with Crippen molar-refractivity contribution in [2.24, 2.45) is 5.92 Å². The second-order valence-electron chi connectivity index (χ2n) is 6.55. The van der Waals surface area contributed by atoms with Gasteiger partial charge >= 0.3 is 5.97 Å². The van der Waals surface area contributed by atoms with Gasteiger partial charge < -0.3 is 10.1 Å². The molecule has 0 unspecified atom stereocenters. The van der Waals surface area contributed by atoms with Crippen molar-refractivity contribution in [1.29, 1.82) is 0 Å². The number of ether oxygens (including phenoxy) is 1. The standard InChI is InChI=1S/C17H21N3O3S3/c1-9(2)23-16(22)14-11-5-4-10(3)6-12(11)26-15(14)19-13(21)7-24-17-20-18-8-25-17/h8-10H,4-7H2,1-3H3,(H,19,21)/t10-/m0/s1. The van der Waals surface area contributed by atoms with Crippen LogP contribution >= 0.6 is 34.4 Å². The number of nitrogens with zero attached hydrogens (tertiary/aromatic N) is 2. The highest BCUT2D eigenvalue weighted by atomic mass is 32.2. The first-order valence-corrected chi connectivity index (χ1v) is 11.2. The third-order valence-corrected chi connectivity index (χ3v) is 7.01. The monoisotopic (exact) mass is 411 g/mol. The molecule has 9 heteroatoms. The van der Waals surface area contributed by atoms with Crippen molar-refractivity contribution in [3.63, 3.8) is 0 Å². The van der Waals surface area contributed by atoms with Crippen LogP contribution in [0.2, 0.25) is 0 Å². The molecule has 1 aliphatic rings. The Morgan fingerprint density at radius 2 is 2.27 bits per heavy atom. The summed E-state index contributed by atoms with van der Waals surface area (Å²) in [5.74, 6) is 0.313. The maximum absolute atomic E-state index is 12.6. The number of esters is 1. The number of fused-ring (bicyclic) bond motifs is 1.